The fourth-order valence-electron chi connectivity index (χ4n) is 1.70. The fourth-order valence-corrected chi connectivity index (χ4v) is 1.70. The summed E-state index contributed by atoms with van der Waals surface area (Å²) in [6.45, 7) is 2.56. The minimum atomic E-state index is -0.0214. The van der Waals surface area contributed by atoms with Crippen molar-refractivity contribution in [2.75, 3.05) is 19.6 Å². The smallest absolute Gasteiger partial charge is 0.315 e. The third kappa shape index (κ3) is 1.18. The second-order valence-corrected chi connectivity index (χ2v) is 3.26. The Balaban J connectivity index is 2.03. The van der Waals surface area contributed by atoms with Gasteiger partial charge in [0.05, 0.1) is 5.54 Å². The number of urea groups is 1. The second-order valence-electron chi connectivity index (χ2n) is 3.26. The molecular formula is C7H12N3O. The molecule has 0 aromatic heterocycles. The van der Waals surface area contributed by atoms with Crippen LogP contribution >= 0.6 is 0 Å². The largest absolute Gasteiger partial charge is 0.336 e. The number of hydrogen-bond acceptors (Lipinski definition) is 1. The van der Waals surface area contributed by atoms with Gasteiger partial charge in [-0.15, -0.1) is 0 Å². The summed E-state index contributed by atoms with van der Waals surface area (Å²) < 4.78 is 0. The summed E-state index contributed by atoms with van der Waals surface area (Å²) in [7, 11) is 0. The standard InChI is InChI=1S/C7H12N3O/c11-6-9-5-7(10-6)1-3-8-4-2-7/h1-5H2,(H2,9,10,11). The van der Waals surface area contributed by atoms with Crippen molar-refractivity contribution in [2.45, 2.75) is 18.4 Å². The molecule has 0 saturated carbocycles. The Morgan fingerprint density at radius 1 is 1.36 bits per heavy atom. The van der Waals surface area contributed by atoms with Gasteiger partial charge in [-0.3, -0.25) is 0 Å². The summed E-state index contributed by atoms with van der Waals surface area (Å²) in [6, 6.07) is -0.0214. The second kappa shape index (κ2) is 2.37. The van der Waals surface area contributed by atoms with Crippen molar-refractivity contribution in [3.05, 3.63) is 0 Å². The van der Waals surface area contributed by atoms with E-state index in [0.29, 0.717) is 0 Å². The maximum atomic E-state index is 10.9. The van der Waals surface area contributed by atoms with Crippen molar-refractivity contribution in [3.63, 3.8) is 0 Å². The third-order valence-electron chi connectivity index (χ3n) is 2.46. The van der Waals surface area contributed by atoms with Gasteiger partial charge in [-0.1, -0.05) is 0 Å². The summed E-state index contributed by atoms with van der Waals surface area (Å²) in [5.41, 5.74) is 0.0405. The van der Waals surface area contributed by atoms with E-state index >= 15 is 0 Å². The van der Waals surface area contributed by atoms with Crippen LogP contribution in [-0.4, -0.2) is 31.2 Å². The molecule has 2 saturated heterocycles. The van der Waals surface area contributed by atoms with Crippen LogP contribution in [0.1, 0.15) is 12.8 Å². The van der Waals surface area contributed by atoms with Crippen LogP contribution in [0.2, 0.25) is 0 Å². The zero-order valence-electron chi connectivity index (χ0n) is 6.39. The highest BCUT2D eigenvalue weighted by molar-refractivity contribution is 5.77. The molecular weight excluding hydrogens is 142 g/mol. The third-order valence-corrected chi connectivity index (χ3v) is 2.46. The highest BCUT2D eigenvalue weighted by atomic mass is 16.2. The first-order chi connectivity index (χ1) is 5.31. The first kappa shape index (κ1) is 6.91. The highest BCUT2D eigenvalue weighted by Crippen LogP contribution is 2.20. The monoisotopic (exact) mass is 154 g/mol. The molecule has 2 amide bonds. The molecule has 0 bridgehead atoms. The van der Waals surface area contributed by atoms with Gasteiger partial charge in [-0.05, 0) is 12.8 Å². The molecule has 4 heteroatoms. The van der Waals surface area contributed by atoms with Crippen molar-refractivity contribution >= 4 is 6.03 Å². The van der Waals surface area contributed by atoms with E-state index in [0.717, 1.165) is 32.5 Å². The van der Waals surface area contributed by atoms with E-state index in [-0.39, 0.29) is 11.6 Å². The van der Waals surface area contributed by atoms with E-state index in [4.69, 9.17) is 0 Å². The Labute approximate surface area is 65.7 Å². The van der Waals surface area contributed by atoms with E-state index in [1.165, 1.54) is 0 Å². The molecule has 1 radical (unpaired) electrons. The maximum Gasteiger partial charge on any atom is 0.315 e. The van der Waals surface area contributed by atoms with Crippen LogP contribution in [0.3, 0.4) is 0 Å². The lowest BCUT2D eigenvalue weighted by molar-refractivity contribution is 0.238. The molecule has 2 heterocycles. The van der Waals surface area contributed by atoms with E-state index in [1.54, 1.807) is 0 Å². The summed E-state index contributed by atoms with van der Waals surface area (Å²) >= 11 is 0. The fraction of sp³-hybridized carbons (Fsp3) is 0.857. The lowest BCUT2D eigenvalue weighted by Crippen LogP contribution is -2.49. The van der Waals surface area contributed by atoms with Gasteiger partial charge in [0.15, 0.2) is 0 Å². The van der Waals surface area contributed by atoms with E-state index in [1.807, 2.05) is 0 Å². The molecule has 2 fully saturated rings. The van der Waals surface area contributed by atoms with Gasteiger partial charge in [-0.25, -0.2) is 10.1 Å². The van der Waals surface area contributed by atoms with Crippen molar-refractivity contribution in [2.24, 2.45) is 0 Å². The Bertz CT molecular complexity index is 175. The van der Waals surface area contributed by atoms with Crippen LogP contribution in [0.15, 0.2) is 0 Å². The van der Waals surface area contributed by atoms with E-state index in [9.17, 15) is 4.79 Å². The first-order valence-electron chi connectivity index (χ1n) is 4.00. The van der Waals surface area contributed by atoms with Crippen LogP contribution in [0.5, 0.6) is 0 Å². The minimum Gasteiger partial charge on any atom is -0.336 e. The molecule has 0 aromatic carbocycles. The number of hydrogen-bond donors (Lipinski definition) is 2. The van der Waals surface area contributed by atoms with Crippen LogP contribution in [0, 0.1) is 0 Å². The lowest BCUT2D eigenvalue weighted by atomic mass is 9.90. The molecule has 0 aliphatic carbocycles. The average molecular weight is 154 g/mol. The molecule has 0 aromatic rings. The molecule has 11 heavy (non-hydrogen) atoms. The Morgan fingerprint density at radius 3 is 2.64 bits per heavy atom. The number of nitrogens with one attached hydrogen (secondary N) is 2. The zero-order valence-corrected chi connectivity index (χ0v) is 6.39. The zero-order chi connectivity index (χ0) is 7.73. The van der Waals surface area contributed by atoms with Gasteiger partial charge in [-0.2, -0.15) is 0 Å². The number of carbonyl (C=O) groups excluding carboxylic acids is 1. The van der Waals surface area contributed by atoms with Gasteiger partial charge >= 0.3 is 6.03 Å². The van der Waals surface area contributed by atoms with Gasteiger partial charge in [0.1, 0.15) is 0 Å². The maximum absolute atomic E-state index is 10.9. The first-order valence-corrected chi connectivity index (χ1v) is 4.00. The molecule has 2 N–H and O–H groups in total. The quantitative estimate of drug-likeness (QED) is 0.482. The molecule has 2 rings (SSSR count). The highest BCUT2D eigenvalue weighted by Gasteiger charge is 2.38. The number of carbonyl (C=O) groups is 1. The summed E-state index contributed by atoms with van der Waals surface area (Å²) in [4.78, 5) is 10.9. The SMILES string of the molecule is O=C1NCC2(CC[N]CC2)N1. The van der Waals surface area contributed by atoms with Crippen molar-refractivity contribution in [1.82, 2.24) is 16.0 Å². The van der Waals surface area contributed by atoms with Gasteiger partial charge in [0, 0.05) is 19.6 Å². The molecule has 0 unspecified atom stereocenters. The number of rotatable bonds is 0. The predicted octanol–water partition coefficient (Wildman–Crippen LogP) is -0.564. The lowest BCUT2D eigenvalue weighted by Gasteiger charge is -2.31. The topological polar surface area (TPSA) is 55.2 Å². The van der Waals surface area contributed by atoms with Crippen molar-refractivity contribution in [3.8, 4) is 0 Å². The van der Waals surface area contributed by atoms with Crippen molar-refractivity contribution < 1.29 is 4.79 Å². The molecule has 2 aliphatic heterocycles. The molecule has 1 spiro atoms. The van der Waals surface area contributed by atoms with Crippen LogP contribution in [-0.2, 0) is 0 Å². The van der Waals surface area contributed by atoms with Crippen LogP contribution in [0.25, 0.3) is 0 Å². The van der Waals surface area contributed by atoms with Gasteiger partial charge in [0.2, 0.25) is 0 Å². The van der Waals surface area contributed by atoms with Gasteiger partial charge < -0.3 is 10.6 Å². The predicted molar refractivity (Wildman–Crippen MR) is 40.4 cm³/mol. The molecule has 61 valence electrons. The summed E-state index contributed by atoms with van der Waals surface area (Å²) in [5, 5.41) is 9.99. The summed E-state index contributed by atoms with van der Waals surface area (Å²) in [6.07, 6.45) is 1.98. The molecule has 2 aliphatic rings. The Morgan fingerprint density at radius 2 is 2.09 bits per heavy atom. The van der Waals surface area contributed by atoms with Crippen LogP contribution in [0.4, 0.5) is 4.79 Å². The van der Waals surface area contributed by atoms with Crippen molar-refractivity contribution in [1.29, 1.82) is 0 Å². The average Bonchev–Trinajstić information content (AvgIpc) is 2.34. The normalized spacial score (nSPS) is 28.2. The van der Waals surface area contributed by atoms with Gasteiger partial charge in [0.25, 0.3) is 0 Å². The summed E-state index contributed by atoms with van der Waals surface area (Å²) in [5.74, 6) is 0. The van der Waals surface area contributed by atoms with E-state index in [2.05, 4.69) is 16.0 Å². The molecule has 0 atom stereocenters. The number of piperidine rings is 1. The Kier molecular flexibility index (Phi) is 1.49. The minimum absolute atomic E-state index is 0.0214. The Hall–Kier alpha value is -0.770. The molecule has 4 nitrogen and oxygen atoms in total. The van der Waals surface area contributed by atoms with Crippen LogP contribution < -0.4 is 16.0 Å². The number of nitrogens with zero attached hydrogens (tertiary/aromatic N) is 1. The number of amides is 2. The van der Waals surface area contributed by atoms with E-state index < -0.39 is 0 Å².